The average molecular weight is 411 g/mol. The Hall–Kier alpha value is -3.22. The molecule has 3 aromatic carbocycles. The summed E-state index contributed by atoms with van der Waals surface area (Å²) in [6.07, 6.45) is 0.561. The van der Waals surface area contributed by atoms with Gasteiger partial charge in [-0.3, -0.25) is 8.98 Å². The Kier molecular flexibility index (Phi) is 3.02. The predicted octanol–water partition coefficient (Wildman–Crippen LogP) is 5.38. The topological polar surface area (TPSA) is 48.2 Å². The number of thiol groups is 1. The van der Waals surface area contributed by atoms with Crippen LogP contribution in [0, 0.1) is 0 Å². The maximum atomic E-state index is 13.1. The van der Waals surface area contributed by atoms with Gasteiger partial charge in [-0.05, 0) is 25.0 Å². The third-order valence-corrected chi connectivity index (χ3v) is 6.90. The van der Waals surface area contributed by atoms with Gasteiger partial charge >= 0.3 is 0 Å². The third kappa shape index (κ3) is 1.74. The van der Waals surface area contributed by atoms with E-state index in [0.29, 0.717) is 5.70 Å². The molecule has 5 aromatic rings. The Morgan fingerprint density at radius 2 is 1.63 bits per heavy atom. The fourth-order valence-electron chi connectivity index (χ4n) is 5.59. The second-order valence-corrected chi connectivity index (χ2v) is 8.25. The van der Waals surface area contributed by atoms with Crippen LogP contribution in [0.4, 0.5) is 0 Å². The number of nitrogens with zero attached hydrogens (tertiary/aromatic N) is 2. The molecule has 2 aromatic heterocycles. The molecule has 0 bridgehead atoms. The van der Waals surface area contributed by atoms with Crippen LogP contribution in [-0.2, 0) is 10.7 Å². The van der Waals surface area contributed by atoms with Crippen LogP contribution in [0.5, 0.6) is 0 Å². The molecule has 0 saturated heterocycles. The van der Waals surface area contributed by atoms with Crippen molar-refractivity contribution in [3.8, 4) is 0 Å². The smallest absolute Gasteiger partial charge is 0.257 e. The highest BCUT2D eigenvalue weighted by atomic mass is 32.1. The number of benzene rings is 3. The molecule has 1 amide bonds. The normalized spacial score (nSPS) is 18.1. The lowest BCUT2D eigenvalue weighted by Gasteiger charge is -2.17. The number of hydrogen-bond donors (Lipinski definition) is 2. The molecule has 1 N–H and O–H groups in total. The summed E-state index contributed by atoms with van der Waals surface area (Å²) in [4.78, 5) is 13.1. The van der Waals surface area contributed by atoms with Crippen molar-refractivity contribution in [2.45, 2.75) is 19.2 Å². The van der Waals surface area contributed by atoms with Gasteiger partial charge in [0, 0.05) is 51.3 Å². The lowest BCUT2D eigenvalue weighted by atomic mass is 9.96. The number of aryl methyl sites for hydroxylation is 1. The highest BCUT2D eigenvalue weighted by molar-refractivity contribution is 7.75. The van der Waals surface area contributed by atoms with Gasteiger partial charge in [0.1, 0.15) is 6.23 Å². The van der Waals surface area contributed by atoms with E-state index in [1.54, 1.807) is 0 Å². The molecule has 2 aliphatic rings. The van der Waals surface area contributed by atoms with Crippen molar-refractivity contribution >= 4 is 68.1 Å². The molecule has 0 fully saturated rings. The van der Waals surface area contributed by atoms with Crippen molar-refractivity contribution in [1.82, 2.24) is 14.5 Å². The Morgan fingerprint density at radius 1 is 0.967 bits per heavy atom. The number of para-hydroxylation sites is 2. The van der Waals surface area contributed by atoms with Crippen molar-refractivity contribution in [1.29, 1.82) is 0 Å². The van der Waals surface area contributed by atoms with E-state index >= 15 is 0 Å². The largest absolute Gasteiger partial charge is 0.339 e. The standard InChI is InChI=1S/C24H17N3O2S/c1-12-18-19-14-7-3-5-9-16(14)27-17(29-30)10-11-26-15-8-4-2-6-13(15)20(22(26)23(19)27)21(18)24(28)25-12/h2-9,17,30H,1,10-11H2,(H,25,28). The molecule has 6 heteroatoms. The minimum Gasteiger partial charge on any atom is -0.339 e. The van der Waals surface area contributed by atoms with E-state index in [1.165, 1.54) is 0 Å². The molecule has 0 aliphatic carbocycles. The van der Waals surface area contributed by atoms with Crippen LogP contribution in [0.2, 0.25) is 0 Å². The number of carbonyl (C=O) groups excluding carboxylic acids is 1. The highest BCUT2D eigenvalue weighted by Crippen LogP contribution is 2.49. The summed E-state index contributed by atoms with van der Waals surface area (Å²) >= 11 is 4.23. The fraction of sp³-hybridized carbons (Fsp3) is 0.125. The van der Waals surface area contributed by atoms with Crippen LogP contribution >= 0.6 is 12.9 Å². The van der Waals surface area contributed by atoms with E-state index in [2.05, 4.69) is 58.2 Å². The molecule has 1 atom stereocenters. The molecule has 7 rings (SSSR count). The summed E-state index contributed by atoms with van der Waals surface area (Å²) in [5.41, 5.74) is 6.65. The van der Waals surface area contributed by atoms with E-state index in [0.717, 1.165) is 67.7 Å². The fourth-order valence-corrected chi connectivity index (χ4v) is 5.79. The van der Waals surface area contributed by atoms with E-state index in [-0.39, 0.29) is 12.1 Å². The van der Waals surface area contributed by atoms with Gasteiger partial charge < -0.3 is 14.5 Å². The van der Waals surface area contributed by atoms with Gasteiger partial charge in [0.15, 0.2) is 0 Å². The number of hydrogen-bond acceptors (Lipinski definition) is 3. The third-order valence-electron chi connectivity index (χ3n) is 6.66. The second kappa shape index (κ2) is 5.47. The molecule has 0 saturated carbocycles. The van der Waals surface area contributed by atoms with E-state index in [9.17, 15) is 4.79 Å². The monoisotopic (exact) mass is 411 g/mol. The Bertz CT molecular complexity index is 1610. The Balaban J connectivity index is 1.92. The zero-order valence-electron chi connectivity index (χ0n) is 16.0. The molecule has 5 nitrogen and oxygen atoms in total. The molecule has 2 aliphatic heterocycles. The minimum atomic E-state index is -0.214. The number of amides is 1. The number of fused-ring (bicyclic) bond motifs is 9. The molecule has 30 heavy (non-hydrogen) atoms. The molecule has 146 valence electrons. The Morgan fingerprint density at radius 3 is 2.40 bits per heavy atom. The second-order valence-electron chi connectivity index (χ2n) is 8.03. The molecule has 1 unspecified atom stereocenters. The first-order chi connectivity index (χ1) is 14.7. The first-order valence-corrected chi connectivity index (χ1v) is 10.4. The SMILES string of the molecule is C=C1NC(=O)c2c1c1c3ccccc3n3c1c1c2c2ccccc2n1CCC3OS. The number of nitrogens with one attached hydrogen (secondary N) is 1. The van der Waals surface area contributed by atoms with Gasteiger partial charge in [0.2, 0.25) is 0 Å². The van der Waals surface area contributed by atoms with E-state index in [1.807, 2.05) is 24.3 Å². The maximum absolute atomic E-state index is 13.1. The predicted molar refractivity (Wildman–Crippen MR) is 123 cm³/mol. The molecule has 4 heterocycles. The van der Waals surface area contributed by atoms with Crippen molar-refractivity contribution in [3.05, 3.63) is 66.2 Å². The molecular formula is C24H17N3O2S. The zero-order valence-corrected chi connectivity index (χ0v) is 16.9. The van der Waals surface area contributed by atoms with E-state index < -0.39 is 0 Å². The van der Waals surface area contributed by atoms with Crippen LogP contribution in [-0.4, -0.2) is 15.0 Å². The molecule has 0 spiro atoms. The highest BCUT2D eigenvalue weighted by Gasteiger charge is 2.36. The van der Waals surface area contributed by atoms with E-state index in [4.69, 9.17) is 4.18 Å². The van der Waals surface area contributed by atoms with Gasteiger partial charge in [0.25, 0.3) is 5.91 Å². The first-order valence-electron chi connectivity index (χ1n) is 10.0. The van der Waals surface area contributed by atoms with Gasteiger partial charge in [-0.1, -0.05) is 43.0 Å². The number of aromatic nitrogens is 2. The molecule has 0 radical (unpaired) electrons. The van der Waals surface area contributed by atoms with Gasteiger partial charge in [0.05, 0.1) is 22.1 Å². The van der Waals surface area contributed by atoms with Gasteiger partial charge in [-0.2, -0.15) is 0 Å². The lowest BCUT2D eigenvalue weighted by molar-refractivity contribution is 0.0982. The summed E-state index contributed by atoms with van der Waals surface area (Å²) in [5.74, 6) is -0.0807. The van der Waals surface area contributed by atoms with Crippen molar-refractivity contribution in [2.24, 2.45) is 0 Å². The number of rotatable bonds is 1. The summed E-state index contributed by atoms with van der Waals surface area (Å²) in [7, 11) is 0. The van der Waals surface area contributed by atoms with Crippen LogP contribution in [0.3, 0.4) is 0 Å². The summed E-state index contributed by atoms with van der Waals surface area (Å²) < 4.78 is 10.3. The maximum Gasteiger partial charge on any atom is 0.257 e. The summed E-state index contributed by atoms with van der Waals surface area (Å²) in [5, 5.41) is 7.21. The first kappa shape index (κ1) is 16.6. The van der Waals surface area contributed by atoms with Crippen LogP contribution < -0.4 is 5.32 Å². The number of carbonyl (C=O) groups is 1. The average Bonchev–Trinajstić information content (AvgIpc) is 3.32. The van der Waals surface area contributed by atoms with Crippen LogP contribution in [0.25, 0.3) is 49.3 Å². The summed E-state index contributed by atoms with van der Waals surface area (Å²) in [6.45, 7) is 4.97. The minimum absolute atomic E-state index is 0.0807. The van der Waals surface area contributed by atoms with Crippen molar-refractivity contribution in [3.63, 3.8) is 0 Å². The molecular weight excluding hydrogens is 394 g/mol. The Labute approximate surface area is 177 Å². The van der Waals surface area contributed by atoms with Crippen molar-refractivity contribution < 1.29 is 8.98 Å². The van der Waals surface area contributed by atoms with Gasteiger partial charge in [-0.25, -0.2) is 0 Å². The van der Waals surface area contributed by atoms with Crippen molar-refractivity contribution in [2.75, 3.05) is 0 Å². The summed E-state index contributed by atoms with van der Waals surface area (Å²) in [6, 6.07) is 16.6. The van der Waals surface area contributed by atoms with Crippen LogP contribution in [0.1, 0.15) is 28.6 Å². The van der Waals surface area contributed by atoms with Gasteiger partial charge in [-0.15, -0.1) is 0 Å². The quantitative estimate of drug-likeness (QED) is 0.287. The lowest BCUT2D eigenvalue weighted by Crippen LogP contribution is -2.11. The zero-order chi connectivity index (χ0) is 20.1. The van der Waals surface area contributed by atoms with Crippen LogP contribution in [0.15, 0.2) is 55.1 Å².